The van der Waals surface area contributed by atoms with Gasteiger partial charge < -0.3 is 0 Å². The SMILES string of the molecule is Cc1ccc(CC(F)(F)N2C(=O)CC(=O)N(C(F)(F)Cc3cc(F)cc(Cl)c3)C2=O)cc1. The largest absolute Gasteiger partial charge is 0.342 e. The van der Waals surface area contributed by atoms with Crippen molar-refractivity contribution in [3.8, 4) is 0 Å². The van der Waals surface area contributed by atoms with Crippen LogP contribution in [0.5, 0.6) is 0 Å². The van der Waals surface area contributed by atoms with Crippen LogP contribution in [-0.4, -0.2) is 39.7 Å². The maximum absolute atomic E-state index is 14.9. The lowest BCUT2D eigenvalue weighted by molar-refractivity contribution is -0.189. The van der Waals surface area contributed by atoms with E-state index in [9.17, 15) is 36.3 Å². The topological polar surface area (TPSA) is 57.7 Å². The van der Waals surface area contributed by atoms with Crippen molar-refractivity contribution >= 4 is 29.4 Å². The van der Waals surface area contributed by atoms with Gasteiger partial charge in [0.1, 0.15) is 12.2 Å². The Morgan fingerprint density at radius 1 is 0.844 bits per heavy atom. The Labute approximate surface area is 184 Å². The van der Waals surface area contributed by atoms with Crippen molar-refractivity contribution in [1.82, 2.24) is 9.80 Å². The van der Waals surface area contributed by atoms with E-state index in [4.69, 9.17) is 11.6 Å². The summed E-state index contributed by atoms with van der Waals surface area (Å²) >= 11 is 5.63. The third-order valence-corrected chi connectivity index (χ3v) is 4.93. The molecule has 0 spiro atoms. The Morgan fingerprint density at radius 2 is 1.34 bits per heavy atom. The van der Waals surface area contributed by atoms with Crippen molar-refractivity contribution in [2.45, 2.75) is 38.3 Å². The number of nitrogens with zero attached hydrogens (tertiary/aromatic N) is 2. The van der Waals surface area contributed by atoms with Gasteiger partial charge in [-0.2, -0.15) is 17.6 Å². The van der Waals surface area contributed by atoms with E-state index in [2.05, 4.69) is 0 Å². The Morgan fingerprint density at radius 3 is 1.84 bits per heavy atom. The molecule has 5 nitrogen and oxygen atoms in total. The van der Waals surface area contributed by atoms with Gasteiger partial charge in [-0.15, -0.1) is 0 Å². The number of carbonyl (C=O) groups is 3. The molecule has 0 unspecified atom stereocenters. The average Bonchev–Trinajstić information content (AvgIpc) is 2.60. The van der Waals surface area contributed by atoms with E-state index in [1.807, 2.05) is 0 Å². The highest BCUT2D eigenvalue weighted by Gasteiger charge is 2.57. The fourth-order valence-electron chi connectivity index (χ4n) is 3.31. The van der Waals surface area contributed by atoms with Crippen molar-refractivity contribution < 1.29 is 36.3 Å². The Kier molecular flexibility index (Phi) is 6.28. The maximum Gasteiger partial charge on any atom is 0.342 e. The number of alkyl halides is 4. The standard InChI is InChI=1S/C21H16ClF5N2O3/c1-12-2-4-13(5-3-12)10-20(24,25)28-17(30)9-18(31)29(19(28)32)21(26,27)11-14-6-15(22)8-16(23)7-14/h2-8H,9-11H2,1H3. The number of barbiturate groups is 1. The Hall–Kier alpha value is -3.01. The number of hydrogen-bond acceptors (Lipinski definition) is 3. The van der Waals surface area contributed by atoms with Crippen LogP contribution in [0.3, 0.4) is 0 Å². The molecule has 0 N–H and O–H groups in total. The molecule has 1 fully saturated rings. The molecule has 1 aliphatic rings. The first kappa shape index (κ1) is 23.6. The summed E-state index contributed by atoms with van der Waals surface area (Å²) in [6, 6.07) is -2.40. The highest BCUT2D eigenvalue weighted by Crippen LogP contribution is 2.35. The van der Waals surface area contributed by atoms with Crippen LogP contribution < -0.4 is 0 Å². The molecule has 0 bridgehead atoms. The molecule has 170 valence electrons. The van der Waals surface area contributed by atoms with E-state index in [1.54, 1.807) is 6.92 Å². The molecular formula is C21H16ClF5N2O3. The minimum atomic E-state index is -4.33. The predicted octanol–water partition coefficient (Wildman–Crippen LogP) is 4.94. The van der Waals surface area contributed by atoms with E-state index in [-0.39, 0.29) is 16.1 Å². The predicted molar refractivity (Wildman–Crippen MR) is 104 cm³/mol. The van der Waals surface area contributed by atoms with E-state index >= 15 is 0 Å². The number of rotatable bonds is 6. The number of imide groups is 2. The lowest BCUT2D eigenvalue weighted by Gasteiger charge is -2.39. The van der Waals surface area contributed by atoms with Crippen LogP contribution >= 0.6 is 11.6 Å². The highest BCUT2D eigenvalue weighted by molar-refractivity contribution is 6.30. The molecule has 0 saturated carbocycles. The van der Waals surface area contributed by atoms with Crippen molar-refractivity contribution in [3.63, 3.8) is 0 Å². The lowest BCUT2D eigenvalue weighted by atomic mass is 10.1. The summed E-state index contributed by atoms with van der Waals surface area (Å²) < 4.78 is 72.9. The number of halogens is 6. The number of hydrogen-bond donors (Lipinski definition) is 0. The normalized spacial score (nSPS) is 15.5. The molecule has 2 aromatic rings. The van der Waals surface area contributed by atoms with E-state index < -0.39 is 64.8 Å². The second kappa shape index (κ2) is 8.50. The van der Waals surface area contributed by atoms with Crippen LogP contribution in [0, 0.1) is 12.7 Å². The molecule has 2 aromatic carbocycles. The molecule has 0 atom stereocenters. The molecular weight excluding hydrogens is 459 g/mol. The molecule has 1 aliphatic heterocycles. The van der Waals surface area contributed by atoms with Crippen molar-refractivity contribution in [3.05, 3.63) is 70.0 Å². The molecule has 3 rings (SSSR count). The van der Waals surface area contributed by atoms with Gasteiger partial charge in [0, 0.05) is 5.02 Å². The lowest BCUT2D eigenvalue weighted by Crippen LogP contribution is -2.65. The van der Waals surface area contributed by atoms with Crippen molar-refractivity contribution in [1.29, 1.82) is 0 Å². The van der Waals surface area contributed by atoms with Crippen LogP contribution in [-0.2, 0) is 22.4 Å². The number of benzene rings is 2. The Bertz CT molecular complexity index is 1060. The van der Waals surface area contributed by atoms with Gasteiger partial charge in [-0.3, -0.25) is 9.59 Å². The fourth-order valence-corrected chi connectivity index (χ4v) is 3.56. The van der Waals surface area contributed by atoms with Crippen LogP contribution in [0.1, 0.15) is 23.1 Å². The number of aryl methyl sites for hydroxylation is 1. The molecule has 0 radical (unpaired) electrons. The van der Waals surface area contributed by atoms with Crippen LogP contribution in [0.25, 0.3) is 0 Å². The van der Waals surface area contributed by atoms with Gasteiger partial charge in [0.15, 0.2) is 0 Å². The zero-order valence-electron chi connectivity index (χ0n) is 16.5. The number of amides is 4. The smallest absolute Gasteiger partial charge is 0.274 e. The van der Waals surface area contributed by atoms with Gasteiger partial charge in [0.25, 0.3) is 0 Å². The molecule has 4 amide bonds. The van der Waals surface area contributed by atoms with Crippen molar-refractivity contribution in [2.24, 2.45) is 0 Å². The summed E-state index contributed by atoms with van der Waals surface area (Å²) in [5.41, 5.74) is 0.442. The average molecular weight is 475 g/mol. The first-order valence-corrected chi connectivity index (χ1v) is 9.64. The molecule has 0 aliphatic carbocycles. The van der Waals surface area contributed by atoms with Gasteiger partial charge in [0.2, 0.25) is 11.8 Å². The summed E-state index contributed by atoms with van der Waals surface area (Å²) in [6.45, 7) is 1.72. The van der Waals surface area contributed by atoms with Crippen LogP contribution in [0.4, 0.5) is 26.7 Å². The van der Waals surface area contributed by atoms with Crippen LogP contribution in [0.2, 0.25) is 5.02 Å². The molecule has 1 heterocycles. The van der Waals surface area contributed by atoms with E-state index in [1.165, 1.54) is 24.3 Å². The third-order valence-electron chi connectivity index (χ3n) is 4.71. The van der Waals surface area contributed by atoms with Gasteiger partial charge >= 0.3 is 18.1 Å². The van der Waals surface area contributed by atoms with E-state index in [0.717, 1.165) is 17.7 Å². The third kappa shape index (κ3) is 4.90. The van der Waals surface area contributed by atoms with Gasteiger partial charge in [0.05, 0.1) is 12.8 Å². The van der Waals surface area contributed by atoms with Gasteiger partial charge in [-0.25, -0.2) is 19.0 Å². The van der Waals surface area contributed by atoms with Crippen LogP contribution in [0.15, 0.2) is 42.5 Å². The summed E-state index contributed by atoms with van der Waals surface area (Å²) in [5.74, 6) is -4.19. The van der Waals surface area contributed by atoms with Gasteiger partial charge in [-0.05, 0) is 36.2 Å². The number of carbonyl (C=O) groups excluding carboxylic acids is 3. The van der Waals surface area contributed by atoms with Gasteiger partial charge in [-0.1, -0.05) is 41.4 Å². The zero-order valence-corrected chi connectivity index (χ0v) is 17.3. The highest BCUT2D eigenvalue weighted by atomic mass is 35.5. The zero-order chi connectivity index (χ0) is 23.8. The summed E-state index contributed by atoms with van der Waals surface area (Å²) in [6.07, 6.45) is -3.86. The second-order valence-corrected chi connectivity index (χ2v) is 7.80. The molecule has 0 aromatic heterocycles. The van der Waals surface area contributed by atoms with Crippen molar-refractivity contribution in [2.75, 3.05) is 0 Å². The quantitative estimate of drug-likeness (QED) is 0.338. The summed E-state index contributed by atoms with van der Waals surface area (Å²) in [5, 5.41) is -0.214. The first-order chi connectivity index (χ1) is 14.8. The maximum atomic E-state index is 14.9. The summed E-state index contributed by atoms with van der Waals surface area (Å²) in [7, 11) is 0. The Balaban J connectivity index is 1.90. The number of urea groups is 1. The second-order valence-electron chi connectivity index (χ2n) is 7.37. The monoisotopic (exact) mass is 474 g/mol. The summed E-state index contributed by atoms with van der Waals surface area (Å²) in [4.78, 5) is 35.4. The minimum absolute atomic E-state index is 0.0470. The molecule has 11 heteroatoms. The molecule has 32 heavy (non-hydrogen) atoms. The fraction of sp³-hybridized carbons (Fsp3) is 0.286. The molecule has 1 saturated heterocycles. The van der Waals surface area contributed by atoms with E-state index in [0.29, 0.717) is 6.07 Å². The minimum Gasteiger partial charge on any atom is -0.274 e. The first-order valence-electron chi connectivity index (χ1n) is 9.26.